The third-order valence-corrected chi connectivity index (χ3v) is 4.46. The molecule has 0 aliphatic rings. The minimum atomic E-state index is -3.51. The van der Waals surface area contributed by atoms with Crippen molar-refractivity contribution in [3.63, 3.8) is 0 Å². The van der Waals surface area contributed by atoms with E-state index < -0.39 is 10.0 Å². The van der Waals surface area contributed by atoms with E-state index in [9.17, 15) is 8.42 Å². The number of anilines is 1. The van der Waals surface area contributed by atoms with Gasteiger partial charge in [0.1, 0.15) is 5.82 Å². The second-order valence-electron chi connectivity index (χ2n) is 4.21. The van der Waals surface area contributed by atoms with E-state index >= 15 is 0 Å². The number of hydrogen-bond acceptors (Lipinski definition) is 4. The van der Waals surface area contributed by atoms with Crippen LogP contribution in [0.2, 0.25) is 0 Å². The topological polar surface area (TPSA) is 85.1 Å². The van der Waals surface area contributed by atoms with E-state index in [2.05, 4.69) is 9.71 Å². The second kappa shape index (κ2) is 5.46. The minimum Gasteiger partial charge on any atom is -0.384 e. The lowest BCUT2D eigenvalue weighted by Gasteiger charge is -2.19. The van der Waals surface area contributed by atoms with Gasteiger partial charge in [0.25, 0.3) is 0 Å². The zero-order valence-corrected chi connectivity index (χ0v) is 11.2. The normalized spacial score (nSPS) is 15.5. The lowest BCUT2D eigenvalue weighted by molar-refractivity contribution is 0.434. The monoisotopic (exact) mass is 257 g/mol. The van der Waals surface area contributed by atoms with Gasteiger partial charge in [0, 0.05) is 18.3 Å². The Hall–Kier alpha value is -1.14. The molecule has 0 aliphatic heterocycles. The average molecular weight is 257 g/mol. The molecule has 2 unspecified atom stereocenters. The summed E-state index contributed by atoms with van der Waals surface area (Å²) in [5, 5.41) is 0. The quantitative estimate of drug-likeness (QED) is 0.834. The summed E-state index contributed by atoms with van der Waals surface area (Å²) in [6, 6.07) is 2.67. The summed E-state index contributed by atoms with van der Waals surface area (Å²) in [5.41, 5.74) is 5.47. The largest absolute Gasteiger partial charge is 0.384 e. The van der Waals surface area contributed by atoms with Gasteiger partial charge in [0.15, 0.2) is 0 Å². The van der Waals surface area contributed by atoms with E-state index in [1.807, 2.05) is 20.8 Å². The first-order chi connectivity index (χ1) is 7.86. The molecule has 0 aromatic carbocycles. The summed E-state index contributed by atoms with van der Waals surface area (Å²) >= 11 is 0. The van der Waals surface area contributed by atoms with Crippen LogP contribution in [0.3, 0.4) is 0 Å². The number of nitrogens with one attached hydrogen (secondary N) is 1. The summed E-state index contributed by atoms with van der Waals surface area (Å²) < 4.78 is 26.7. The zero-order valence-electron chi connectivity index (χ0n) is 10.3. The van der Waals surface area contributed by atoms with Crippen LogP contribution in [0.5, 0.6) is 0 Å². The van der Waals surface area contributed by atoms with Gasteiger partial charge in [-0.25, -0.2) is 18.1 Å². The highest BCUT2D eigenvalue weighted by atomic mass is 32.2. The highest BCUT2D eigenvalue weighted by Crippen LogP contribution is 2.14. The average Bonchev–Trinajstić information content (AvgIpc) is 2.27. The van der Waals surface area contributed by atoms with Crippen LogP contribution in [0.4, 0.5) is 5.82 Å². The number of rotatable bonds is 5. The van der Waals surface area contributed by atoms with Crippen molar-refractivity contribution < 1.29 is 8.42 Å². The molecule has 96 valence electrons. The summed E-state index contributed by atoms with van der Waals surface area (Å²) in [4.78, 5) is 3.92. The first-order valence-electron chi connectivity index (χ1n) is 5.60. The first kappa shape index (κ1) is 13.9. The molecule has 1 rings (SSSR count). The van der Waals surface area contributed by atoms with Crippen molar-refractivity contribution in [1.29, 1.82) is 0 Å². The van der Waals surface area contributed by atoms with Crippen molar-refractivity contribution >= 4 is 15.8 Å². The van der Waals surface area contributed by atoms with E-state index in [-0.39, 0.29) is 22.7 Å². The Labute approximate surface area is 102 Å². The van der Waals surface area contributed by atoms with Crippen molar-refractivity contribution in [1.82, 2.24) is 9.71 Å². The Bertz CT molecular complexity index is 473. The van der Waals surface area contributed by atoms with Gasteiger partial charge in [-0.3, -0.25) is 0 Å². The number of nitrogens with two attached hydrogens (primary N) is 1. The van der Waals surface area contributed by atoms with Gasteiger partial charge in [-0.2, -0.15) is 0 Å². The van der Waals surface area contributed by atoms with Crippen molar-refractivity contribution in [3.05, 3.63) is 18.3 Å². The van der Waals surface area contributed by atoms with Crippen LogP contribution in [0.15, 0.2) is 23.2 Å². The van der Waals surface area contributed by atoms with Crippen LogP contribution in [0, 0.1) is 5.92 Å². The van der Waals surface area contributed by atoms with Crippen LogP contribution < -0.4 is 10.5 Å². The molecular weight excluding hydrogens is 238 g/mol. The number of sulfonamides is 1. The summed E-state index contributed by atoms with van der Waals surface area (Å²) in [7, 11) is -3.51. The first-order valence-corrected chi connectivity index (χ1v) is 7.09. The molecular formula is C11H19N3O2S. The zero-order chi connectivity index (χ0) is 13.1. The third kappa shape index (κ3) is 3.67. The van der Waals surface area contributed by atoms with Gasteiger partial charge in [-0.1, -0.05) is 20.3 Å². The maximum absolute atomic E-state index is 12.0. The van der Waals surface area contributed by atoms with E-state index in [4.69, 9.17) is 5.73 Å². The molecule has 0 saturated carbocycles. The fourth-order valence-electron chi connectivity index (χ4n) is 1.38. The van der Waals surface area contributed by atoms with Gasteiger partial charge >= 0.3 is 0 Å². The molecule has 0 bridgehead atoms. The summed E-state index contributed by atoms with van der Waals surface area (Å²) in [6.07, 6.45) is 2.31. The molecule has 0 amide bonds. The smallest absolute Gasteiger partial charge is 0.241 e. The van der Waals surface area contributed by atoms with Crippen LogP contribution in [-0.2, 0) is 10.0 Å². The molecule has 0 aliphatic carbocycles. The number of pyridine rings is 1. The Morgan fingerprint density at radius 2 is 2.12 bits per heavy atom. The Kier molecular flexibility index (Phi) is 4.47. The van der Waals surface area contributed by atoms with Gasteiger partial charge < -0.3 is 5.73 Å². The molecule has 0 radical (unpaired) electrons. The Morgan fingerprint density at radius 1 is 1.47 bits per heavy atom. The molecule has 2 atom stereocenters. The Morgan fingerprint density at radius 3 is 2.65 bits per heavy atom. The number of nitrogen functional groups attached to an aromatic ring is 1. The van der Waals surface area contributed by atoms with Crippen molar-refractivity contribution in [2.45, 2.75) is 38.1 Å². The molecule has 17 heavy (non-hydrogen) atoms. The molecule has 0 fully saturated rings. The predicted octanol–water partition coefficient (Wildman–Crippen LogP) is 1.38. The van der Waals surface area contributed by atoms with Gasteiger partial charge in [-0.15, -0.1) is 0 Å². The molecule has 6 heteroatoms. The highest BCUT2D eigenvalue weighted by molar-refractivity contribution is 7.89. The fraction of sp³-hybridized carbons (Fsp3) is 0.545. The van der Waals surface area contributed by atoms with E-state index in [1.54, 1.807) is 0 Å². The second-order valence-corrected chi connectivity index (χ2v) is 5.93. The van der Waals surface area contributed by atoms with Crippen LogP contribution in [0.25, 0.3) is 0 Å². The predicted molar refractivity (Wildman–Crippen MR) is 67.9 cm³/mol. The summed E-state index contributed by atoms with van der Waals surface area (Å²) in [5.74, 6) is 0.480. The van der Waals surface area contributed by atoms with Gasteiger partial charge in [0.2, 0.25) is 10.0 Å². The molecule has 0 spiro atoms. The minimum absolute atomic E-state index is 0.112. The number of nitrogens with zero attached hydrogens (tertiary/aromatic N) is 1. The third-order valence-electron chi connectivity index (χ3n) is 2.90. The van der Waals surface area contributed by atoms with Crippen LogP contribution in [0.1, 0.15) is 27.2 Å². The van der Waals surface area contributed by atoms with Crippen LogP contribution in [-0.4, -0.2) is 19.4 Å². The SMILES string of the molecule is CCC(C)C(C)NS(=O)(=O)c1ccnc(N)c1. The van der Waals surface area contributed by atoms with E-state index in [0.717, 1.165) is 6.42 Å². The van der Waals surface area contributed by atoms with Gasteiger partial charge in [-0.05, 0) is 18.9 Å². The fourth-order valence-corrected chi connectivity index (χ4v) is 2.75. The maximum Gasteiger partial charge on any atom is 0.241 e. The standard InChI is InChI=1S/C11H19N3O2S/c1-4-8(2)9(3)14-17(15,16)10-5-6-13-11(12)7-10/h5-9,14H,4H2,1-3H3,(H2,12,13). The highest BCUT2D eigenvalue weighted by Gasteiger charge is 2.20. The molecule has 1 heterocycles. The molecule has 3 N–H and O–H groups in total. The molecule has 0 saturated heterocycles. The van der Waals surface area contributed by atoms with Crippen molar-refractivity contribution in [2.24, 2.45) is 5.92 Å². The van der Waals surface area contributed by atoms with Crippen LogP contribution >= 0.6 is 0 Å². The van der Waals surface area contributed by atoms with E-state index in [1.165, 1.54) is 18.3 Å². The lowest BCUT2D eigenvalue weighted by atomic mass is 10.0. The number of hydrogen-bond donors (Lipinski definition) is 2. The lowest BCUT2D eigenvalue weighted by Crippen LogP contribution is -2.36. The molecule has 1 aromatic rings. The van der Waals surface area contributed by atoms with Gasteiger partial charge in [0.05, 0.1) is 4.90 Å². The van der Waals surface area contributed by atoms with E-state index in [0.29, 0.717) is 0 Å². The van der Waals surface area contributed by atoms with Crippen molar-refractivity contribution in [3.8, 4) is 0 Å². The maximum atomic E-state index is 12.0. The molecule has 5 nitrogen and oxygen atoms in total. The Balaban J connectivity index is 2.89. The molecule has 1 aromatic heterocycles. The van der Waals surface area contributed by atoms with Crippen molar-refractivity contribution in [2.75, 3.05) is 5.73 Å². The summed E-state index contributed by atoms with van der Waals surface area (Å²) in [6.45, 7) is 5.89. The number of aromatic nitrogens is 1.